The number of halogens is 2. The Bertz CT molecular complexity index is 982. The van der Waals surface area contributed by atoms with Gasteiger partial charge in [0.25, 0.3) is 0 Å². The molecule has 1 aliphatic heterocycles. The zero-order chi connectivity index (χ0) is 17.6. The molecule has 3 heterocycles. The molecule has 9 heteroatoms. The van der Waals surface area contributed by atoms with Crippen LogP contribution in [0.25, 0.3) is 5.82 Å². The van der Waals surface area contributed by atoms with Crippen LogP contribution in [0.2, 0.25) is 0 Å². The number of hydrogen-bond acceptors (Lipinski definition) is 5. The third-order valence-corrected chi connectivity index (χ3v) is 4.39. The average molecular weight is 345 g/mol. The molecule has 0 spiro atoms. The summed E-state index contributed by atoms with van der Waals surface area (Å²) in [7, 11) is 0. The van der Waals surface area contributed by atoms with Gasteiger partial charge in [0, 0.05) is 17.8 Å². The lowest BCUT2D eigenvalue weighted by Gasteiger charge is -2.20. The first kappa shape index (κ1) is 15.6. The Morgan fingerprint density at radius 1 is 1.32 bits per heavy atom. The Balaban J connectivity index is 1.74. The second kappa shape index (κ2) is 5.55. The highest BCUT2D eigenvalue weighted by atomic mass is 19.1. The Hall–Kier alpha value is -2.94. The van der Waals surface area contributed by atoms with E-state index in [1.165, 1.54) is 34.2 Å². The molecule has 1 aromatic carbocycles. The van der Waals surface area contributed by atoms with Crippen LogP contribution in [0.3, 0.4) is 0 Å². The highest BCUT2D eigenvalue weighted by Crippen LogP contribution is 2.48. The van der Waals surface area contributed by atoms with Crippen molar-refractivity contribution in [2.45, 2.75) is 18.6 Å². The lowest BCUT2D eigenvalue weighted by atomic mass is 9.92. The smallest absolute Gasteiger partial charge is 0.351 e. The van der Waals surface area contributed by atoms with Gasteiger partial charge in [0.15, 0.2) is 0 Å². The maximum atomic E-state index is 14.2. The van der Waals surface area contributed by atoms with Crippen molar-refractivity contribution in [2.24, 2.45) is 0 Å². The molecule has 4 rings (SSSR count). The van der Waals surface area contributed by atoms with Crippen molar-refractivity contribution in [1.82, 2.24) is 24.3 Å². The second-order valence-corrected chi connectivity index (χ2v) is 5.77. The Kier molecular flexibility index (Phi) is 3.46. The van der Waals surface area contributed by atoms with Gasteiger partial charge in [0.2, 0.25) is 0 Å². The van der Waals surface area contributed by atoms with Crippen LogP contribution >= 0.6 is 0 Å². The first-order chi connectivity index (χ1) is 12.0. The normalized spacial score (nSPS) is 20.4. The molecule has 2 aromatic heterocycles. The number of nitrogens with zero attached hydrogens (tertiary/aromatic N) is 5. The SMILES string of the molecule is C[C@@H](n1ncn(-c2ccncn2)c1=O)[C@@]1(c2ccc(F)cc2F)CO1. The minimum atomic E-state index is -1.05. The van der Waals surface area contributed by atoms with Crippen LogP contribution in [-0.4, -0.2) is 30.9 Å². The van der Waals surface area contributed by atoms with E-state index in [1.54, 1.807) is 13.0 Å². The molecule has 2 atom stereocenters. The average Bonchev–Trinajstić information content (AvgIpc) is 3.32. The molecule has 0 aliphatic carbocycles. The lowest BCUT2D eigenvalue weighted by Crippen LogP contribution is -2.34. The van der Waals surface area contributed by atoms with Gasteiger partial charge in [0.1, 0.15) is 35.7 Å². The number of benzene rings is 1. The molecule has 1 fully saturated rings. The van der Waals surface area contributed by atoms with E-state index in [9.17, 15) is 13.6 Å². The number of hydrogen-bond donors (Lipinski definition) is 0. The molecule has 0 saturated carbocycles. The van der Waals surface area contributed by atoms with E-state index in [0.717, 1.165) is 12.1 Å². The fourth-order valence-electron chi connectivity index (χ4n) is 2.90. The standard InChI is InChI=1S/C16H13F2N5O2/c1-10(16(7-25-16)12-3-2-11(17)6-13(12)18)23-15(24)22(9-21-23)14-4-5-19-8-20-14/h2-6,8-10H,7H2,1H3/t10-,16-/m1/s1. The van der Waals surface area contributed by atoms with Gasteiger partial charge in [-0.15, -0.1) is 0 Å². The lowest BCUT2D eigenvalue weighted by molar-refractivity contribution is 0.211. The van der Waals surface area contributed by atoms with Crippen molar-refractivity contribution < 1.29 is 13.5 Å². The molecular formula is C16H13F2N5O2. The predicted octanol–water partition coefficient (Wildman–Crippen LogP) is 1.59. The van der Waals surface area contributed by atoms with E-state index in [1.807, 2.05) is 0 Å². The topological polar surface area (TPSA) is 78.1 Å². The van der Waals surface area contributed by atoms with E-state index >= 15 is 0 Å². The van der Waals surface area contributed by atoms with Gasteiger partial charge in [-0.25, -0.2) is 32.8 Å². The van der Waals surface area contributed by atoms with Crippen LogP contribution < -0.4 is 5.69 Å². The number of rotatable bonds is 4. The van der Waals surface area contributed by atoms with Crippen LogP contribution in [0, 0.1) is 11.6 Å². The molecule has 0 radical (unpaired) electrons. The largest absolute Gasteiger partial charge is 0.362 e. The van der Waals surface area contributed by atoms with Crippen LogP contribution in [-0.2, 0) is 10.3 Å². The Morgan fingerprint density at radius 3 is 2.76 bits per heavy atom. The fraction of sp³-hybridized carbons (Fsp3) is 0.250. The quantitative estimate of drug-likeness (QED) is 0.671. The minimum Gasteiger partial charge on any atom is -0.362 e. The van der Waals surface area contributed by atoms with Crippen LogP contribution in [0.1, 0.15) is 18.5 Å². The van der Waals surface area contributed by atoms with Gasteiger partial charge >= 0.3 is 5.69 Å². The zero-order valence-electron chi connectivity index (χ0n) is 13.1. The van der Waals surface area contributed by atoms with Crippen molar-refractivity contribution in [3.05, 3.63) is 70.8 Å². The molecule has 0 bridgehead atoms. The summed E-state index contributed by atoms with van der Waals surface area (Å²) in [6, 6.07) is 4.27. The molecule has 1 saturated heterocycles. The summed E-state index contributed by atoms with van der Waals surface area (Å²) in [5.41, 5.74) is -1.29. The van der Waals surface area contributed by atoms with Gasteiger partial charge in [-0.05, 0) is 19.1 Å². The monoisotopic (exact) mass is 345 g/mol. The first-order valence-corrected chi connectivity index (χ1v) is 7.55. The molecule has 7 nitrogen and oxygen atoms in total. The first-order valence-electron chi connectivity index (χ1n) is 7.55. The highest BCUT2D eigenvalue weighted by molar-refractivity contribution is 5.30. The third kappa shape index (κ3) is 2.43. The molecule has 128 valence electrons. The van der Waals surface area contributed by atoms with Gasteiger partial charge in [-0.2, -0.15) is 5.10 Å². The zero-order valence-corrected chi connectivity index (χ0v) is 13.1. The van der Waals surface area contributed by atoms with E-state index in [4.69, 9.17) is 4.74 Å². The highest BCUT2D eigenvalue weighted by Gasteiger charge is 2.54. The summed E-state index contributed by atoms with van der Waals surface area (Å²) in [6.07, 6.45) is 4.16. The van der Waals surface area contributed by atoms with Crippen molar-refractivity contribution in [3.8, 4) is 5.82 Å². The summed E-state index contributed by atoms with van der Waals surface area (Å²) >= 11 is 0. The number of epoxide rings is 1. The predicted molar refractivity (Wildman–Crippen MR) is 82.1 cm³/mol. The molecule has 0 unspecified atom stereocenters. The number of ether oxygens (including phenoxy) is 1. The van der Waals surface area contributed by atoms with Crippen LogP contribution in [0.4, 0.5) is 8.78 Å². The van der Waals surface area contributed by atoms with Gasteiger partial charge < -0.3 is 4.74 Å². The Morgan fingerprint density at radius 2 is 2.12 bits per heavy atom. The summed E-state index contributed by atoms with van der Waals surface area (Å²) < 4.78 is 35.3. The molecule has 0 N–H and O–H groups in total. The molecule has 25 heavy (non-hydrogen) atoms. The molecular weight excluding hydrogens is 332 g/mol. The van der Waals surface area contributed by atoms with E-state index in [2.05, 4.69) is 15.1 Å². The third-order valence-electron chi connectivity index (χ3n) is 4.39. The van der Waals surface area contributed by atoms with Crippen molar-refractivity contribution >= 4 is 0 Å². The minimum absolute atomic E-state index is 0.199. The molecule has 0 amide bonds. The fourth-order valence-corrected chi connectivity index (χ4v) is 2.90. The van der Waals surface area contributed by atoms with Crippen LogP contribution in [0.5, 0.6) is 0 Å². The van der Waals surface area contributed by atoms with Gasteiger partial charge in [-0.1, -0.05) is 6.07 Å². The van der Waals surface area contributed by atoms with E-state index in [-0.39, 0.29) is 12.2 Å². The van der Waals surface area contributed by atoms with Gasteiger partial charge in [0.05, 0.1) is 12.6 Å². The molecule has 3 aromatic rings. The number of aromatic nitrogens is 5. The maximum Gasteiger partial charge on any atom is 0.351 e. The van der Waals surface area contributed by atoms with Crippen molar-refractivity contribution in [3.63, 3.8) is 0 Å². The molecule has 1 aliphatic rings. The van der Waals surface area contributed by atoms with Gasteiger partial charge in [-0.3, -0.25) is 0 Å². The van der Waals surface area contributed by atoms with Crippen molar-refractivity contribution in [2.75, 3.05) is 6.61 Å². The van der Waals surface area contributed by atoms with Crippen molar-refractivity contribution in [1.29, 1.82) is 0 Å². The summed E-state index contributed by atoms with van der Waals surface area (Å²) in [4.78, 5) is 20.5. The van der Waals surface area contributed by atoms with Crippen LogP contribution in [0.15, 0.2) is 47.9 Å². The second-order valence-electron chi connectivity index (χ2n) is 5.77. The summed E-state index contributed by atoms with van der Waals surface area (Å²) in [6.45, 7) is 1.91. The van der Waals surface area contributed by atoms with E-state index in [0.29, 0.717) is 5.82 Å². The summed E-state index contributed by atoms with van der Waals surface area (Å²) in [5.74, 6) is -1.01. The van der Waals surface area contributed by atoms with E-state index < -0.39 is 29.0 Å². The summed E-state index contributed by atoms with van der Waals surface area (Å²) in [5, 5.41) is 4.10. The maximum absolute atomic E-state index is 14.2. The Labute approximate surface area is 140 Å².